The predicted molar refractivity (Wildman–Crippen MR) is 78.8 cm³/mol. The third-order valence-electron chi connectivity index (χ3n) is 3.91. The van der Waals surface area contributed by atoms with Gasteiger partial charge in [-0.25, -0.2) is 0 Å². The Morgan fingerprint density at radius 3 is 2.58 bits per heavy atom. The lowest BCUT2D eigenvalue weighted by atomic mass is 9.89. The molecule has 4 heteroatoms. The normalized spacial score (nSPS) is 16.3. The third-order valence-corrected chi connectivity index (χ3v) is 3.91. The second-order valence-corrected chi connectivity index (χ2v) is 5.54. The maximum Gasteiger partial charge on any atom is 0.255 e. The standard InChI is InChI=1S/C15H23N3O/c1-18(10-11-5-3-2-4-6-11)15(19)13-8-7-12(16)9-14(13)17/h7-9,11H,2-6,10,16-17H2,1H3. The number of benzene rings is 1. The van der Waals surface area contributed by atoms with Crippen molar-refractivity contribution in [3.8, 4) is 0 Å². The van der Waals surface area contributed by atoms with Crippen LogP contribution >= 0.6 is 0 Å². The first-order valence-corrected chi connectivity index (χ1v) is 6.98. The molecule has 0 radical (unpaired) electrons. The van der Waals surface area contributed by atoms with Crippen LogP contribution in [0.1, 0.15) is 42.5 Å². The molecule has 0 unspecified atom stereocenters. The number of nitrogens with two attached hydrogens (primary N) is 2. The van der Waals surface area contributed by atoms with E-state index in [1.165, 1.54) is 32.1 Å². The van der Waals surface area contributed by atoms with Crippen LogP contribution in [0.4, 0.5) is 11.4 Å². The molecule has 0 atom stereocenters. The van der Waals surface area contributed by atoms with Gasteiger partial charge in [0.1, 0.15) is 0 Å². The molecule has 1 aliphatic carbocycles. The van der Waals surface area contributed by atoms with Gasteiger partial charge in [0, 0.05) is 25.0 Å². The Hall–Kier alpha value is -1.71. The summed E-state index contributed by atoms with van der Waals surface area (Å²) in [4.78, 5) is 14.1. The lowest BCUT2D eigenvalue weighted by molar-refractivity contribution is 0.0761. The summed E-state index contributed by atoms with van der Waals surface area (Å²) < 4.78 is 0. The number of hydrogen-bond donors (Lipinski definition) is 2. The second kappa shape index (κ2) is 5.95. The van der Waals surface area contributed by atoms with Crippen LogP contribution < -0.4 is 11.5 Å². The van der Waals surface area contributed by atoms with E-state index in [1.54, 1.807) is 23.1 Å². The fraction of sp³-hybridized carbons (Fsp3) is 0.533. The molecular formula is C15H23N3O. The monoisotopic (exact) mass is 261 g/mol. The number of anilines is 2. The zero-order chi connectivity index (χ0) is 13.8. The molecule has 0 heterocycles. The molecule has 0 bridgehead atoms. The van der Waals surface area contributed by atoms with Crippen molar-refractivity contribution < 1.29 is 4.79 Å². The SMILES string of the molecule is CN(CC1CCCCC1)C(=O)c1ccc(N)cc1N. The summed E-state index contributed by atoms with van der Waals surface area (Å²) in [6.45, 7) is 0.822. The minimum atomic E-state index is -0.0110. The molecule has 1 fully saturated rings. The van der Waals surface area contributed by atoms with Crippen LogP contribution in [0.2, 0.25) is 0 Å². The van der Waals surface area contributed by atoms with Crippen molar-refractivity contribution in [2.45, 2.75) is 32.1 Å². The molecule has 19 heavy (non-hydrogen) atoms. The molecule has 0 aromatic heterocycles. The Bertz CT molecular complexity index is 453. The summed E-state index contributed by atoms with van der Waals surface area (Å²) in [6.07, 6.45) is 6.37. The zero-order valence-corrected chi connectivity index (χ0v) is 11.6. The molecule has 1 aromatic rings. The number of carbonyl (C=O) groups is 1. The molecule has 1 aliphatic rings. The van der Waals surface area contributed by atoms with E-state index in [9.17, 15) is 4.79 Å². The van der Waals surface area contributed by atoms with Gasteiger partial charge in [-0.15, -0.1) is 0 Å². The lowest BCUT2D eigenvalue weighted by Crippen LogP contribution is -2.33. The molecule has 4 N–H and O–H groups in total. The van der Waals surface area contributed by atoms with Crippen molar-refractivity contribution in [2.75, 3.05) is 25.1 Å². The molecule has 0 aliphatic heterocycles. The summed E-state index contributed by atoms with van der Waals surface area (Å²) in [5, 5.41) is 0. The molecule has 2 rings (SSSR count). The van der Waals surface area contributed by atoms with Crippen molar-refractivity contribution in [1.82, 2.24) is 4.90 Å². The molecule has 1 aromatic carbocycles. The third kappa shape index (κ3) is 3.40. The van der Waals surface area contributed by atoms with Crippen LogP contribution in [0.15, 0.2) is 18.2 Å². The molecule has 1 saturated carbocycles. The van der Waals surface area contributed by atoms with E-state index < -0.39 is 0 Å². The van der Waals surface area contributed by atoms with Crippen LogP contribution in [-0.2, 0) is 0 Å². The second-order valence-electron chi connectivity index (χ2n) is 5.54. The van der Waals surface area contributed by atoms with Gasteiger partial charge in [0.2, 0.25) is 0 Å². The van der Waals surface area contributed by atoms with Gasteiger partial charge in [0.25, 0.3) is 5.91 Å². The highest BCUT2D eigenvalue weighted by molar-refractivity contribution is 5.99. The van der Waals surface area contributed by atoms with Gasteiger partial charge in [-0.3, -0.25) is 4.79 Å². The van der Waals surface area contributed by atoms with E-state index >= 15 is 0 Å². The Morgan fingerprint density at radius 2 is 1.95 bits per heavy atom. The van der Waals surface area contributed by atoms with E-state index in [-0.39, 0.29) is 5.91 Å². The van der Waals surface area contributed by atoms with Gasteiger partial charge in [0.05, 0.1) is 5.56 Å². The average molecular weight is 261 g/mol. The molecule has 0 saturated heterocycles. The summed E-state index contributed by atoms with van der Waals surface area (Å²) in [7, 11) is 1.85. The van der Waals surface area contributed by atoms with Crippen molar-refractivity contribution in [3.63, 3.8) is 0 Å². The van der Waals surface area contributed by atoms with Gasteiger partial charge < -0.3 is 16.4 Å². The van der Waals surface area contributed by atoms with Crippen LogP contribution in [0.3, 0.4) is 0 Å². The molecule has 104 valence electrons. The summed E-state index contributed by atoms with van der Waals surface area (Å²) >= 11 is 0. The Labute approximate surface area is 114 Å². The number of rotatable bonds is 3. The summed E-state index contributed by atoms with van der Waals surface area (Å²) in [5.74, 6) is 0.626. The number of amides is 1. The van der Waals surface area contributed by atoms with Crippen molar-refractivity contribution in [3.05, 3.63) is 23.8 Å². The lowest BCUT2D eigenvalue weighted by Gasteiger charge is -2.27. The van der Waals surface area contributed by atoms with Crippen molar-refractivity contribution in [1.29, 1.82) is 0 Å². The largest absolute Gasteiger partial charge is 0.399 e. The van der Waals surface area contributed by atoms with E-state index in [1.807, 2.05) is 7.05 Å². The molecule has 4 nitrogen and oxygen atoms in total. The van der Waals surface area contributed by atoms with E-state index in [2.05, 4.69) is 0 Å². The Morgan fingerprint density at radius 1 is 1.26 bits per heavy atom. The number of nitrogens with zero attached hydrogens (tertiary/aromatic N) is 1. The fourth-order valence-corrected chi connectivity index (χ4v) is 2.82. The minimum absolute atomic E-state index is 0.0110. The topological polar surface area (TPSA) is 72.3 Å². The molecular weight excluding hydrogens is 238 g/mol. The minimum Gasteiger partial charge on any atom is -0.399 e. The maximum absolute atomic E-state index is 12.4. The van der Waals surface area contributed by atoms with Crippen molar-refractivity contribution in [2.24, 2.45) is 5.92 Å². The fourth-order valence-electron chi connectivity index (χ4n) is 2.82. The first-order valence-electron chi connectivity index (χ1n) is 6.98. The first-order chi connectivity index (χ1) is 9.08. The van der Waals surface area contributed by atoms with Crippen molar-refractivity contribution >= 4 is 17.3 Å². The van der Waals surface area contributed by atoms with E-state index in [0.29, 0.717) is 22.9 Å². The van der Waals surface area contributed by atoms with Crippen LogP contribution in [0.25, 0.3) is 0 Å². The van der Waals surface area contributed by atoms with Gasteiger partial charge in [-0.2, -0.15) is 0 Å². The van der Waals surface area contributed by atoms with Gasteiger partial charge in [-0.05, 0) is 37.0 Å². The molecule has 0 spiro atoms. The first kappa shape index (κ1) is 13.7. The van der Waals surface area contributed by atoms with Crippen LogP contribution in [0.5, 0.6) is 0 Å². The highest BCUT2D eigenvalue weighted by Gasteiger charge is 2.20. The quantitative estimate of drug-likeness (QED) is 0.821. The number of hydrogen-bond acceptors (Lipinski definition) is 3. The smallest absolute Gasteiger partial charge is 0.255 e. The van der Waals surface area contributed by atoms with Gasteiger partial charge in [-0.1, -0.05) is 19.3 Å². The summed E-state index contributed by atoms with van der Waals surface area (Å²) in [6, 6.07) is 5.07. The summed E-state index contributed by atoms with van der Waals surface area (Å²) in [5.41, 5.74) is 13.1. The van der Waals surface area contributed by atoms with Crippen LogP contribution in [0, 0.1) is 5.92 Å². The average Bonchev–Trinajstić information content (AvgIpc) is 2.39. The van der Waals surface area contributed by atoms with E-state index in [0.717, 1.165) is 6.54 Å². The Kier molecular flexibility index (Phi) is 4.30. The number of carbonyl (C=O) groups excluding carboxylic acids is 1. The number of nitrogen functional groups attached to an aromatic ring is 2. The molecule has 1 amide bonds. The van der Waals surface area contributed by atoms with E-state index in [4.69, 9.17) is 11.5 Å². The van der Waals surface area contributed by atoms with Gasteiger partial charge >= 0.3 is 0 Å². The van der Waals surface area contributed by atoms with Crippen LogP contribution in [-0.4, -0.2) is 24.4 Å². The predicted octanol–water partition coefficient (Wildman–Crippen LogP) is 2.50. The highest BCUT2D eigenvalue weighted by Crippen LogP contribution is 2.25. The highest BCUT2D eigenvalue weighted by atomic mass is 16.2. The van der Waals surface area contributed by atoms with Gasteiger partial charge in [0.15, 0.2) is 0 Å². The maximum atomic E-state index is 12.4. The Balaban J connectivity index is 2.01. The zero-order valence-electron chi connectivity index (χ0n) is 11.6.